The molecule has 0 bridgehead atoms. The summed E-state index contributed by atoms with van der Waals surface area (Å²) < 4.78 is 13.7. The summed E-state index contributed by atoms with van der Waals surface area (Å²) in [5.74, 6) is 2.48. The van der Waals surface area contributed by atoms with Crippen molar-refractivity contribution in [3.8, 4) is 22.9 Å². The molecule has 1 aliphatic heterocycles. The zero-order chi connectivity index (χ0) is 18.1. The van der Waals surface area contributed by atoms with Crippen LogP contribution in [0.3, 0.4) is 0 Å². The summed E-state index contributed by atoms with van der Waals surface area (Å²) in [6.07, 6.45) is 1.03. The van der Waals surface area contributed by atoms with Crippen LogP contribution in [0.2, 0.25) is 0 Å². The number of hydrogen-bond acceptors (Lipinski definition) is 5. The van der Waals surface area contributed by atoms with Crippen molar-refractivity contribution in [1.82, 2.24) is 14.5 Å². The van der Waals surface area contributed by atoms with Gasteiger partial charge in [0.05, 0.1) is 11.0 Å². The number of aryl methyl sites for hydroxylation is 1. The first kappa shape index (κ1) is 16.7. The maximum Gasteiger partial charge on any atom is 0.163 e. The van der Waals surface area contributed by atoms with Crippen LogP contribution >= 0.6 is 0 Å². The number of aromatic nitrogens is 2. The lowest BCUT2D eigenvalue weighted by atomic mass is 10.2. The molecule has 2 heterocycles. The van der Waals surface area contributed by atoms with E-state index in [1.807, 2.05) is 36.4 Å². The highest BCUT2D eigenvalue weighted by Gasteiger charge is 2.19. The van der Waals surface area contributed by atoms with Gasteiger partial charge in [0, 0.05) is 29.9 Å². The van der Waals surface area contributed by atoms with Crippen molar-refractivity contribution >= 4 is 16.7 Å². The van der Waals surface area contributed by atoms with E-state index in [1.165, 1.54) is 0 Å². The Hall–Kier alpha value is -2.73. The minimum Gasteiger partial charge on any atom is -0.486 e. The number of nitrogens with two attached hydrogens (primary N) is 1. The minimum absolute atomic E-state index is 0.574. The molecular formula is C20H24N4O2. The first-order valence-corrected chi connectivity index (χ1v) is 8.92. The summed E-state index contributed by atoms with van der Waals surface area (Å²) in [4.78, 5) is 7.08. The molecule has 0 unspecified atom stereocenters. The zero-order valence-electron chi connectivity index (χ0n) is 15.2. The second-order valence-corrected chi connectivity index (χ2v) is 6.85. The van der Waals surface area contributed by atoms with Crippen LogP contribution in [-0.4, -0.2) is 48.3 Å². The van der Waals surface area contributed by atoms with Crippen LogP contribution in [0.1, 0.15) is 6.42 Å². The van der Waals surface area contributed by atoms with Crippen LogP contribution in [0.4, 0.5) is 5.69 Å². The molecule has 0 fully saturated rings. The van der Waals surface area contributed by atoms with Crippen molar-refractivity contribution in [3.05, 3.63) is 36.4 Å². The molecule has 2 N–H and O–H groups in total. The van der Waals surface area contributed by atoms with E-state index in [4.69, 9.17) is 20.2 Å². The van der Waals surface area contributed by atoms with E-state index in [0.29, 0.717) is 13.2 Å². The van der Waals surface area contributed by atoms with Gasteiger partial charge in [0.1, 0.15) is 19.0 Å². The molecule has 26 heavy (non-hydrogen) atoms. The summed E-state index contributed by atoms with van der Waals surface area (Å²) >= 11 is 0. The average molecular weight is 352 g/mol. The smallest absolute Gasteiger partial charge is 0.163 e. The van der Waals surface area contributed by atoms with Gasteiger partial charge in [0.15, 0.2) is 11.5 Å². The number of fused-ring (bicyclic) bond motifs is 2. The molecule has 0 aliphatic carbocycles. The van der Waals surface area contributed by atoms with Crippen molar-refractivity contribution in [2.45, 2.75) is 13.0 Å². The third-order valence-corrected chi connectivity index (χ3v) is 4.54. The molecule has 6 nitrogen and oxygen atoms in total. The van der Waals surface area contributed by atoms with Crippen LogP contribution in [-0.2, 0) is 6.54 Å². The molecule has 6 heteroatoms. The third-order valence-electron chi connectivity index (χ3n) is 4.54. The second-order valence-electron chi connectivity index (χ2n) is 6.85. The maximum atomic E-state index is 6.00. The fraction of sp³-hybridized carbons (Fsp3) is 0.350. The first-order valence-electron chi connectivity index (χ1n) is 8.92. The van der Waals surface area contributed by atoms with Crippen LogP contribution < -0.4 is 15.2 Å². The second kappa shape index (κ2) is 6.88. The molecule has 1 aliphatic rings. The fourth-order valence-corrected chi connectivity index (χ4v) is 3.33. The molecule has 0 saturated heterocycles. The fourth-order valence-electron chi connectivity index (χ4n) is 3.33. The topological polar surface area (TPSA) is 65.5 Å². The third kappa shape index (κ3) is 3.20. The monoisotopic (exact) mass is 352 g/mol. The molecule has 136 valence electrons. The van der Waals surface area contributed by atoms with E-state index in [1.54, 1.807) is 0 Å². The van der Waals surface area contributed by atoms with Gasteiger partial charge in [-0.15, -0.1) is 0 Å². The minimum atomic E-state index is 0.574. The number of nitrogen functional groups attached to an aromatic ring is 1. The summed E-state index contributed by atoms with van der Waals surface area (Å²) in [5.41, 5.74) is 9.73. The number of nitrogens with zero attached hydrogens (tertiary/aromatic N) is 3. The van der Waals surface area contributed by atoms with Gasteiger partial charge >= 0.3 is 0 Å². The molecule has 4 rings (SSSR count). The molecule has 0 atom stereocenters. The zero-order valence-corrected chi connectivity index (χ0v) is 15.2. The Morgan fingerprint density at radius 1 is 1.12 bits per heavy atom. The molecule has 1 aromatic heterocycles. The largest absolute Gasteiger partial charge is 0.486 e. The van der Waals surface area contributed by atoms with Gasteiger partial charge in [-0.1, -0.05) is 12.1 Å². The van der Waals surface area contributed by atoms with E-state index in [0.717, 1.165) is 59.1 Å². The molecular weight excluding hydrogens is 328 g/mol. The number of rotatable bonds is 5. The van der Waals surface area contributed by atoms with Gasteiger partial charge in [0.25, 0.3) is 0 Å². The maximum absolute atomic E-state index is 6.00. The van der Waals surface area contributed by atoms with Crippen molar-refractivity contribution in [2.75, 3.05) is 39.6 Å². The summed E-state index contributed by atoms with van der Waals surface area (Å²) in [7, 11) is 4.18. The quantitative estimate of drug-likeness (QED) is 0.715. The number of benzene rings is 2. The highest BCUT2D eigenvalue weighted by molar-refractivity contribution is 5.84. The van der Waals surface area contributed by atoms with Crippen LogP contribution in [0.15, 0.2) is 36.4 Å². The van der Waals surface area contributed by atoms with Crippen molar-refractivity contribution in [2.24, 2.45) is 0 Å². The van der Waals surface area contributed by atoms with Gasteiger partial charge in [-0.2, -0.15) is 0 Å². The normalized spacial score (nSPS) is 13.5. The molecule has 0 saturated carbocycles. The summed E-state index contributed by atoms with van der Waals surface area (Å²) in [6.45, 7) is 3.04. The SMILES string of the molecule is CN(C)CCCn1c(-c2cccc(N)c2)nc2cc3c(cc21)OCCO3. The van der Waals surface area contributed by atoms with Crippen molar-refractivity contribution in [1.29, 1.82) is 0 Å². The Morgan fingerprint density at radius 2 is 1.88 bits per heavy atom. The Balaban J connectivity index is 1.82. The van der Waals surface area contributed by atoms with Crippen LogP contribution in [0, 0.1) is 0 Å². The Labute approximate surface area is 153 Å². The molecule has 2 aromatic carbocycles. The molecule has 3 aromatic rings. The number of imidazole rings is 1. The lowest BCUT2D eigenvalue weighted by Crippen LogP contribution is -2.16. The Morgan fingerprint density at radius 3 is 2.62 bits per heavy atom. The van der Waals surface area contributed by atoms with E-state index in [9.17, 15) is 0 Å². The van der Waals surface area contributed by atoms with Gasteiger partial charge < -0.3 is 24.7 Å². The predicted octanol–water partition coefficient (Wildman–Crippen LogP) is 3.01. The van der Waals surface area contributed by atoms with Gasteiger partial charge in [-0.3, -0.25) is 0 Å². The van der Waals surface area contributed by atoms with Crippen LogP contribution in [0.25, 0.3) is 22.4 Å². The predicted molar refractivity (Wildman–Crippen MR) is 104 cm³/mol. The first-order chi connectivity index (χ1) is 12.6. The van der Waals surface area contributed by atoms with Crippen LogP contribution in [0.5, 0.6) is 11.5 Å². The van der Waals surface area contributed by atoms with E-state index >= 15 is 0 Å². The number of anilines is 1. The Bertz CT molecular complexity index is 933. The lowest BCUT2D eigenvalue weighted by Gasteiger charge is -2.18. The van der Waals surface area contributed by atoms with Crippen molar-refractivity contribution < 1.29 is 9.47 Å². The average Bonchev–Trinajstić information content (AvgIpc) is 2.97. The number of ether oxygens (including phenoxy) is 2. The van der Waals surface area contributed by atoms with Gasteiger partial charge in [-0.25, -0.2) is 4.98 Å². The highest BCUT2D eigenvalue weighted by Crippen LogP contribution is 2.36. The lowest BCUT2D eigenvalue weighted by molar-refractivity contribution is 0.172. The molecule has 0 spiro atoms. The standard InChI is InChI=1S/C20H24N4O2/c1-23(2)7-4-8-24-17-13-19-18(25-9-10-26-19)12-16(17)22-20(24)14-5-3-6-15(21)11-14/h3,5-6,11-13H,4,7-10,21H2,1-2H3. The van der Waals surface area contributed by atoms with E-state index in [2.05, 4.69) is 23.6 Å². The van der Waals surface area contributed by atoms with E-state index in [-0.39, 0.29) is 0 Å². The molecule has 0 radical (unpaired) electrons. The summed E-state index contributed by atoms with van der Waals surface area (Å²) in [5, 5.41) is 0. The van der Waals surface area contributed by atoms with Gasteiger partial charge in [0.2, 0.25) is 0 Å². The van der Waals surface area contributed by atoms with Gasteiger partial charge in [-0.05, 0) is 39.2 Å². The number of hydrogen-bond donors (Lipinski definition) is 1. The highest BCUT2D eigenvalue weighted by atomic mass is 16.6. The van der Waals surface area contributed by atoms with Crippen molar-refractivity contribution in [3.63, 3.8) is 0 Å². The summed E-state index contributed by atoms with van der Waals surface area (Å²) in [6, 6.07) is 11.9. The van der Waals surface area contributed by atoms with E-state index < -0.39 is 0 Å². The molecule has 0 amide bonds. The Kier molecular flexibility index (Phi) is 4.42.